The monoisotopic (exact) mass is 314 g/mol. The van der Waals surface area contributed by atoms with Crippen LogP contribution in [0.1, 0.15) is 0 Å². The van der Waals surface area contributed by atoms with E-state index >= 15 is 0 Å². The number of non-ortho nitro benzene ring substituents is 2. The van der Waals surface area contributed by atoms with Gasteiger partial charge in [-0.15, -0.1) is 0 Å². The minimum atomic E-state index is -1.05. The van der Waals surface area contributed by atoms with E-state index in [0.717, 1.165) is 12.1 Å². The third kappa shape index (κ3) is 2.29. The van der Waals surface area contributed by atoms with Crippen molar-refractivity contribution in [2.75, 3.05) is 0 Å². The molecule has 1 heterocycles. The molecule has 0 aliphatic carbocycles. The quantitative estimate of drug-likeness (QED) is 0.522. The molecule has 0 spiro atoms. The molecule has 0 aliphatic heterocycles. The first-order valence-corrected chi connectivity index (χ1v) is 6.22. The fraction of sp³-hybridized carbons (Fsp3) is 0. The van der Waals surface area contributed by atoms with Crippen LogP contribution in [0.4, 0.5) is 11.4 Å². The molecule has 1 aromatic heterocycles. The molecule has 0 bridgehead atoms. The summed E-state index contributed by atoms with van der Waals surface area (Å²) in [6.45, 7) is 0. The van der Waals surface area contributed by atoms with Gasteiger partial charge in [-0.3, -0.25) is 20.2 Å². The van der Waals surface area contributed by atoms with Gasteiger partial charge in [0.25, 0.3) is 11.4 Å². The zero-order chi connectivity index (χ0) is 16.7. The Morgan fingerprint density at radius 1 is 0.696 bits per heavy atom. The van der Waals surface area contributed by atoms with Crippen LogP contribution >= 0.6 is 0 Å². The SMILES string of the molecule is O=c1oc(=O)c2cc([N+](=O)[O-])ccc2c2ccc([N+](=O)[O-])cc12. The molecule has 0 aliphatic rings. The van der Waals surface area contributed by atoms with Gasteiger partial charge in [0.05, 0.1) is 20.6 Å². The topological polar surface area (TPSA) is 134 Å². The molecule has 0 unspecified atom stereocenters. The highest BCUT2D eigenvalue weighted by molar-refractivity contribution is 6.06. The van der Waals surface area contributed by atoms with Crippen LogP contribution in [-0.2, 0) is 0 Å². The van der Waals surface area contributed by atoms with E-state index < -0.39 is 21.1 Å². The summed E-state index contributed by atoms with van der Waals surface area (Å²) in [5.74, 6) is 0. The third-order valence-electron chi connectivity index (χ3n) is 3.34. The first-order valence-electron chi connectivity index (χ1n) is 6.22. The first-order chi connectivity index (χ1) is 10.9. The summed E-state index contributed by atoms with van der Waals surface area (Å²) >= 11 is 0. The highest BCUT2D eigenvalue weighted by Gasteiger charge is 2.15. The lowest BCUT2D eigenvalue weighted by Gasteiger charge is -1.97. The first kappa shape index (κ1) is 14.3. The number of nitro benzene ring substituents is 2. The Bertz CT molecular complexity index is 1030. The minimum absolute atomic E-state index is 0.153. The van der Waals surface area contributed by atoms with Gasteiger partial charge in [0.1, 0.15) is 0 Å². The number of nitrogens with zero attached hydrogens (tertiary/aromatic N) is 2. The lowest BCUT2D eigenvalue weighted by molar-refractivity contribution is -0.384. The summed E-state index contributed by atoms with van der Waals surface area (Å²) < 4.78 is 4.61. The predicted octanol–water partition coefficient (Wildman–Crippen LogP) is 2.12. The summed E-state index contributed by atoms with van der Waals surface area (Å²) in [6, 6.07) is 6.96. The van der Waals surface area contributed by atoms with E-state index in [1.807, 2.05) is 0 Å². The van der Waals surface area contributed by atoms with Crippen molar-refractivity contribution in [2.45, 2.75) is 0 Å². The van der Waals surface area contributed by atoms with Crippen LogP contribution in [0.15, 0.2) is 50.4 Å². The Labute approximate surface area is 125 Å². The van der Waals surface area contributed by atoms with E-state index in [-0.39, 0.29) is 32.9 Å². The van der Waals surface area contributed by atoms with E-state index in [1.165, 1.54) is 24.3 Å². The molecular formula is C14H6N2O7. The molecule has 2 aromatic carbocycles. The van der Waals surface area contributed by atoms with E-state index in [0.29, 0.717) is 0 Å². The Balaban J connectivity index is 2.57. The second-order valence-corrected chi connectivity index (χ2v) is 4.65. The lowest BCUT2D eigenvalue weighted by atomic mass is 10.1. The highest BCUT2D eigenvalue weighted by Crippen LogP contribution is 2.26. The molecular weight excluding hydrogens is 308 g/mol. The largest absolute Gasteiger partial charge is 0.386 e. The van der Waals surface area contributed by atoms with Gasteiger partial charge in [0, 0.05) is 24.3 Å². The standard InChI is InChI=1S/C14H6N2O7/c17-13-11-5-7(15(19)20)1-3-9(11)10-4-2-8(16(21)22)6-12(10)14(18)23-13/h1-6H. The summed E-state index contributed by atoms with van der Waals surface area (Å²) in [4.78, 5) is 44.2. The number of fused-ring (bicyclic) bond motifs is 3. The highest BCUT2D eigenvalue weighted by atomic mass is 16.6. The molecule has 9 nitrogen and oxygen atoms in total. The van der Waals surface area contributed by atoms with Crippen molar-refractivity contribution in [3.63, 3.8) is 0 Å². The molecule has 23 heavy (non-hydrogen) atoms. The average molecular weight is 314 g/mol. The normalized spacial score (nSPS) is 10.8. The van der Waals surface area contributed by atoms with E-state index in [4.69, 9.17) is 0 Å². The van der Waals surface area contributed by atoms with Gasteiger partial charge in [0.2, 0.25) is 0 Å². The number of benzene rings is 2. The van der Waals surface area contributed by atoms with Crippen molar-refractivity contribution < 1.29 is 14.3 Å². The van der Waals surface area contributed by atoms with Gasteiger partial charge < -0.3 is 4.42 Å². The minimum Gasteiger partial charge on any atom is -0.386 e. The maximum absolute atomic E-state index is 12.0. The summed E-state index contributed by atoms with van der Waals surface area (Å²) in [6.07, 6.45) is 0. The molecule has 0 saturated heterocycles. The van der Waals surface area contributed by atoms with Crippen molar-refractivity contribution in [1.82, 2.24) is 0 Å². The zero-order valence-corrected chi connectivity index (χ0v) is 11.2. The van der Waals surface area contributed by atoms with Crippen molar-refractivity contribution in [3.8, 4) is 0 Å². The maximum Gasteiger partial charge on any atom is 0.346 e. The number of nitro groups is 2. The molecule has 9 heteroatoms. The van der Waals surface area contributed by atoms with E-state index in [2.05, 4.69) is 4.42 Å². The summed E-state index contributed by atoms with van der Waals surface area (Å²) in [5.41, 5.74) is -2.77. The molecule has 114 valence electrons. The van der Waals surface area contributed by atoms with Gasteiger partial charge in [-0.2, -0.15) is 0 Å². The Morgan fingerprint density at radius 2 is 1.09 bits per heavy atom. The van der Waals surface area contributed by atoms with Crippen molar-refractivity contribution in [2.24, 2.45) is 0 Å². The van der Waals surface area contributed by atoms with Gasteiger partial charge in [-0.1, -0.05) is 0 Å². The Hall–Kier alpha value is -3.62. The summed E-state index contributed by atoms with van der Waals surface area (Å²) in [7, 11) is 0. The molecule has 3 aromatic rings. The fourth-order valence-electron chi connectivity index (χ4n) is 2.29. The maximum atomic E-state index is 12.0. The smallest absolute Gasteiger partial charge is 0.346 e. The van der Waals surface area contributed by atoms with Crippen LogP contribution < -0.4 is 11.3 Å². The molecule has 0 fully saturated rings. The van der Waals surface area contributed by atoms with E-state index in [1.54, 1.807) is 0 Å². The van der Waals surface area contributed by atoms with Gasteiger partial charge in [0.15, 0.2) is 0 Å². The van der Waals surface area contributed by atoms with Crippen molar-refractivity contribution >= 4 is 32.9 Å². The second-order valence-electron chi connectivity index (χ2n) is 4.65. The molecule has 0 radical (unpaired) electrons. The fourth-order valence-corrected chi connectivity index (χ4v) is 2.29. The predicted molar refractivity (Wildman–Crippen MR) is 79.6 cm³/mol. The van der Waals surface area contributed by atoms with Gasteiger partial charge >= 0.3 is 11.3 Å². The van der Waals surface area contributed by atoms with Crippen molar-refractivity contribution in [3.05, 3.63) is 77.5 Å². The van der Waals surface area contributed by atoms with Crippen LogP contribution in [0.2, 0.25) is 0 Å². The molecule has 0 saturated carbocycles. The van der Waals surface area contributed by atoms with E-state index in [9.17, 15) is 29.8 Å². The molecule has 0 atom stereocenters. The zero-order valence-electron chi connectivity index (χ0n) is 11.2. The molecule has 0 N–H and O–H groups in total. The van der Waals surface area contributed by atoms with Crippen LogP contribution in [0.5, 0.6) is 0 Å². The Morgan fingerprint density at radius 3 is 1.43 bits per heavy atom. The number of hydrogen-bond donors (Lipinski definition) is 0. The van der Waals surface area contributed by atoms with Crippen LogP contribution in [0, 0.1) is 20.2 Å². The Kier molecular flexibility index (Phi) is 3.10. The molecule has 3 rings (SSSR count). The average Bonchev–Trinajstić information content (AvgIpc) is 2.62. The molecule has 0 amide bonds. The van der Waals surface area contributed by atoms with Gasteiger partial charge in [-0.05, 0) is 22.9 Å². The van der Waals surface area contributed by atoms with Crippen LogP contribution in [0.25, 0.3) is 21.5 Å². The van der Waals surface area contributed by atoms with Crippen LogP contribution in [0.3, 0.4) is 0 Å². The number of rotatable bonds is 2. The van der Waals surface area contributed by atoms with Crippen molar-refractivity contribution in [1.29, 1.82) is 0 Å². The lowest BCUT2D eigenvalue weighted by Crippen LogP contribution is -2.05. The summed E-state index contributed by atoms with van der Waals surface area (Å²) in [5, 5.41) is 21.8. The second kappa shape index (κ2) is 4.98. The third-order valence-corrected chi connectivity index (χ3v) is 3.34. The van der Waals surface area contributed by atoms with Crippen LogP contribution in [-0.4, -0.2) is 9.85 Å². The number of hydrogen-bond acceptors (Lipinski definition) is 7. The van der Waals surface area contributed by atoms with Gasteiger partial charge in [-0.25, -0.2) is 9.59 Å².